The summed E-state index contributed by atoms with van der Waals surface area (Å²) in [5, 5.41) is 0. The molecule has 0 unspecified atom stereocenters. The van der Waals surface area contributed by atoms with Gasteiger partial charge < -0.3 is 9.15 Å². The van der Waals surface area contributed by atoms with Crippen molar-refractivity contribution in [1.29, 1.82) is 0 Å². The molecule has 1 aromatic heterocycles. The highest BCUT2D eigenvalue weighted by molar-refractivity contribution is 5.27. The lowest BCUT2D eigenvalue weighted by atomic mass is 10.2. The molecule has 0 aliphatic carbocycles. The highest BCUT2D eigenvalue weighted by atomic mass is 16.5. The largest absolute Gasteiger partial charge is 0.497 e. The molecule has 17 heavy (non-hydrogen) atoms. The number of methoxy groups -OCH3 is 1. The van der Waals surface area contributed by atoms with Crippen LogP contribution < -0.4 is 10.5 Å². The third-order valence-electron chi connectivity index (χ3n) is 2.72. The Morgan fingerprint density at radius 3 is 2.59 bits per heavy atom. The molecule has 1 heterocycles. The van der Waals surface area contributed by atoms with Crippen LogP contribution in [0.1, 0.15) is 18.2 Å². The van der Waals surface area contributed by atoms with Crippen molar-refractivity contribution < 1.29 is 9.15 Å². The highest BCUT2D eigenvalue weighted by Crippen LogP contribution is 2.12. The number of nitrogens with zero attached hydrogens (tertiary/aromatic N) is 1. The van der Waals surface area contributed by atoms with Crippen LogP contribution in [0, 0.1) is 0 Å². The maximum absolute atomic E-state index is 11.5. The Hall–Kier alpha value is -1.97. The SMILES string of the molecule is CCc1coc(=O)n1Cc1ccc(OC)cc1. The summed E-state index contributed by atoms with van der Waals surface area (Å²) in [5.41, 5.74) is 1.95. The van der Waals surface area contributed by atoms with Crippen molar-refractivity contribution in [2.24, 2.45) is 0 Å². The number of aryl methyl sites for hydroxylation is 1. The fraction of sp³-hybridized carbons (Fsp3) is 0.308. The summed E-state index contributed by atoms with van der Waals surface area (Å²) in [6, 6.07) is 7.65. The van der Waals surface area contributed by atoms with Crippen LogP contribution in [0.4, 0.5) is 0 Å². The number of oxazole rings is 1. The number of hydrogen-bond acceptors (Lipinski definition) is 3. The smallest absolute Gasteiger partial charge is 0.419 e. The summed E-state index contributed by atoms with van der Waals surface area (Å²) in [4.78, 5) is 11.5. The molecule has 0 saturated carbocycles. The maximum Gasteiger partial charge on any atom is 0.419 e. The van der Waals surface area contributed by atoms with Crippen molar-refractivity contribution in [1.82, 2.24) is 4.57 Å². The van der Waals surface area contributed by atoms with Crippen LogP contribution in [0.3, 0.4) is 0 Å². The van der Waals surface area contributed by atoms with Crippen LogP contribution in [0.5, 0.6) is 5.75 Å². The van der Waals surface area contributed by atoms with E-state index in [1.54, 1.807) is 11.7 Å². The zero-order chi connectivity index (χ0) is 12.3. The minimum Gasteiger partial charge on any atom is -0.497 e. The number of hydrogen-bond donors (Lipinski definition) is 0. The molecule has 0 saturated heterocycles. The van der Waals surface area contributed by atoms with Gasteiger partial charge in [-0.25, -0.2) is 4.79 Å². The first-order chi connectivity index (χ1) is 8.24. The van der Waals surface area contributed by atoms with E-state index in [1.165, 1.54) is 6.26 Å². The Bertz CT molecular complexity index is 537. The first-order valence-electron chi connectivity index (χ1n) is 5.54. The van der Waals surface area contributed by atoms with Crippen LogP contribution in [-0.2, 0) is 13.0 Å². The van der Waals surface area contributed by atoms with E-state index in [1.807, 2.05) is 31.2 Å². The molecule has 0 bridgehead atoms. The maximum atomic E-state index is 11.5. The third-order valence-corrected chi connectivity index (χ3v) is 2.72. The Morgan fingerprint density at radius 1 is 1.29 bits per heavy atom. The van der Waals surface area contributed by atoms with E-state index < -0.39 is 0 Å². The zero-order valence-electron chi connectivity index (χ0n) is 9.97. The normalized spacial score (nSPS) is 10.5. The second-order valence-electron chi connectivity index (χ2n) is 3.78. The number of aromatic nitrogens is 1. The second kappa shape index (κ2) is 4.91. The van der Waals surface area contributed by atoms with Crippen molar-refractivity contribution in [2.45, 2.75) is 19.9 Å². The zero-order valence-corrected chi connectivity index (χ0v) is 9.97. The number of rotatable bonds is 4. The monoisotopic (exact) mass is 233 g/mol. The summed E-state index contributed by atoms with van der Waals surface area (Å²) < 4.78 is 11.6. The van der Waals surface area contributed by atoms with E-state index in [0.29, 0.717) is 6.54 Å². The third kappa shape index (κ3) is 2.41. The van der Waals surface area contributed by atoms with Gasteiger partial charge in [-0.2, -0.15) is 0 Å². The minimum atomic E-state index is -0.308. The summed E-state index contributed by atoms with van der Waals surface area (Å²) in [6.45, 7) is 2.53. The van der Waals surface area contributed by atoms with Crippen molar-refractivity contribution in [3.8, 4) is 5.75 Å². The molecule has 0 N–H and O–H groups in total. The first kappa shape index (κ1) is 11.5. The molecule has 1 aromatic carbocycles. The van der Waals surface area contributed by atoms with Gasteiger partial charge in [-0.3, -0.25) is 4.57 Å². The Balaban J connectivity index is 2.24. The van der Waals surface area contributed by atoms with Crippen molar-refractivity contribution in [2.75, 3.05) is 7.11 Å². The van der Waals surface area contributed by atoms with Gasteiger partial charge in [-0.1, -0.05) is 19.1 Å². The lowest BCUT2D eigenvalue weighted by Gasteiger charge is -2.05. The highest BCUT2D eigenvalue weighted by Gasteiger charge is 2.07. The van der Waals surface area contributed by atoms with Crippen LogP contribution >= 0.6 is 0 Å². The van der Waals surface area contributed by atoms with Gasteiger partial charge in [0.05, 0.1) is 19.3 Å². The molecular formula is C13H15NO3. The molecule has 2 aromatic rings. The molecule has 0 radical (unpaired) electrons. The van der Waals surface area contributed by atoms with Gasteiger partial charge in [-0.05, 0) is 24.1 Å². The molecule has 0 atom stereocenters. The quantitative estimate of drug-likeness (QED) is 0.812. The van der Waals surface area contributed by atoms with E-state index in [-0.39, 0.29) is 5.76 Å². The molecule has 4 heteroatoms. The Kier molecular flexibility index (Phi) is 3.32. The molecule has 4 nitrogen and oxygen atoms in total. The van der Waals surface area contributed by atoms with Crippen LogP contribution in [-0.4, -0.2) is 11.7 Å². The van der Waals surface area contributed by atoms with Crippen LogP contribution in [0.15, 0.2) is 39.7 Å². The van der Waals surface area contributed by atoms with E-state index in [9.17, 15) is 4.79 Å². The van der Waals surface area contributed by atoms with E-state index in [4.69, 9.17) is 9.15 Å². The Morgan fingerprint density at radius 2 is 2.00 bits per heavy atom. The minimum absolute atomic E-state index is 0.308. The van der Waals surface area contributed by atoms with Crippen LogP contribution in [0.2, 0.25) is 0 Å². The first-order valence-corrected chi connectivity index (χ1v) is 5.54. The van der Waals surface area contributed by atoms with Gasteiger partial charge in [0.15, 0.2) is 0 Å². The molecular weight excluding hydrogens is 218 g/mol. The van der Waals surface area contributed by atoms with Gasteiger partial charge in [-0.15, -0.1) is 0 Å². The second-order valence-corrected chi connectivity index (χ2v) is 3.78. The molecule has 0 fully saturated rings. The topological polar surface area (TPSA) is 44.4 Å². The fourth-order valence-electron chi connectivity index (χ4n) is 1.72. The van der Waals surface area contributed by atoms with Gasteiger partial charge in [0.1, 0.15) is 12.0 Å². The summed E-state index contributed by atoms with van der Waals surface area (Å²) in [7, 11) is 1.63. The van der Waals surface area contributed by atoms with Gasteiger partial charge >= 0.3 is 5.76 Å². The van der Waals surface area contributed by atoms with E-state index in [0.717, 1.165) is 23.4 Å². The molecule has 0 amide bonds. The Labute approximate surface area is 99.4 Å². The standard InChI is InChI=1S/C13H15NO3/c1-3-11-9-17-13(15)14(11)8-10-4-6-12(16-2)7-5-10/h4-7,9H,3,8H2,1-2H3. The molecule has 90 valence electrons. The molecule has 0 spiro atoms. The predicted octanol–water partition coefficient (Wildman–Crippen LogP) is 2.06. The van der Waals surface area contributed by atoms with Gasteiger partial charge in [0.25, 0.3) is 0 Å². The summed E-state index contributed by atoms with van der Waals surface area (Å²) in [6.07, 6.45) is 2.30. The number of ether oxygens (including phenoxy) is 1. The van der Waals surface area contributed by atoms with Gasteiger partial charge in [0.2, 0.25) is 0 Å². The van der Waals surface area contributed by atoms with E-state index >= 15 is 0 Å². The van der Waals surface area contributed by atoms with Crippen LogP contribution in [0.25, 0.3) is 0 Å². The number of benzene rings is 1. The molecule has 0 aliphatic rings. The van der Waals surface area contributed by atoms with Crippen molar-refractivity contribution in [3.63, 3.8) is 0 Å². The predicted molar refractivity (Wildman–Crippen MR) is 64.4 cm³/mol. The average Bonchev–Trinajstić information content (AvgIpc) is 2.71. The van der Waals surface area contributed by atoms with Crippen molar-refractivity contribution in [3.05, 3.63) is 52.3 Å². The average molecular weight is 233 g/mol. The van der Waals surface area contributed by atoms with E-state index in [2.05, 4.69) is 0 Å². The lowest BCUT2D eigenvalue weighted by Crippen LogP contribution is -2.17. The summed E-state index contributed by atoms with van der Waals surface area (Å²) in [5.74, 6) is 0.502. The fourth-order valence-corrected chi connectivity index (χ4v) is 1.72. The summed E-state index contributed by atoms with van der Waals surface area (Å²) >= 11 is 0. The molecule has 2 rings (SSSR count). The van der Waals surface area contributed by atoms with Crippen molar-refractivity contribution >= 4 is 0 Å². The van der Waals surface area contributed by atoms with Gasteiger partial charge in [0, 0.05) is 0 Å². The molecule has 0 aliphatic heterocycles. The lowest BCUT2D eigenvalue weighted by molar-refractivity contribution is 0.414.